The molecule has 1 fully saturated rings. The molecule has 1 aliphatic heterocycles. The van der Waals surface area contributed by atoms with Crippen LogP contribution in [0.2, 0.25) is 0 Å². The summed E-state index contributed by atoms with van der Waals surface area (Å²) < 4.78 is 26.3. The topological polar surface area (TPSA) is 95.6 Å². The minimum Gasteiger partial charge on any atom is -0.326 e. The summed E-state index contributed by atoms with van der Waals surface area (Å²) in [5.74, 6) is -0.805. The third-order valence-corrected chi connectivity index (χ3v) is 5.89. The van der Waals surface area contributed by atoms with Crippen LogP contribution in [0.3, 0.4) is 0 Å². The van der Waals surface area contributed by atoms with Gasteiger partial charge in [0.1, 0.15) is 0 Å². The largest absolute Gasteiger partial charge is 0.326 e. The van der Waals surface area contributed by atoms with Crippen molar-refractivity contribution in [2.24, 2.45) is 5.92 Å². The van der Waals surface area contributed by atoms with Crippen LogP contribution >= 0.6 is 0 Å². The van der Waals surface area contributed by atoms with Crippen molar-refractivity contribution in [2.75, 3.05) is 23.3 Å². The van der Waals surface area contributed by atoms with E-state index in [4.69, 9.17) is 0 Å². The van der Waals surface area contributed by atoms with Gasteiger partial charge in [-0.3, -0.25) is 9.59 Å². The van der Waals surface area contributed by atoms with Crippen molar-refractivity contribution in [1.82, 2.24) is 4.72 Å². The summed E-state index contributed by atoms with van der Waals surface area (Å²) in [6, 6.07) is 15.2. The van der Waals surface area contributed by atoms with E-state index in [1.807, 2.05) is 30.3 Å². The molecule has 1 aliphatic rings. The quantitative estimate of drug-likeness (QED) is 0.792. The van der Waals surface area contributed by atoms with Crippen LogP contribution < -0.4 is 14.9 Å². The summed E-state index contributed by atoms with van der Waals surface area (Å²) in [6.07, 6.45) is 0.146. The Morgan fingerprint density at radius 3 is 2.41 bits per heavy atom. The minimum atomic E-state index is -3.53. The normalized spacial score (nSPS) is 17.1. The molecule has 0 unspecified atom stereocenters. The van der Waals surface area contributed by atoms with Crippen molar-refractivity contribution in [2.45, 2.75) is 18.2 Å². The van der Waals surface area contributed by atoms with E-state index >= 15 is 0 Å². The van der Waals surface area contributed by atoms with Gasteiger partial charge >= 0.3 is 0 Å². The van der Waals surface area contributed by atoms with Gasteiger partial charge in [0.25, 0.3) is 0 Å². The fraction of sp³-hybridized carbons (Fsp3) is 0.263. The molecule has 0 aromatic heterocycles. The van der Waals surface area contributed by atoms with Crippen LogP contribution in [-0.2, 0) is 19.6 Å². The van der Waals surface area contributed by atoms with Gasteiger partial charge in [0.05, 0.1) is 10.8 Å². The lowest BCUT2D eigenvalue weighted by atomic mass is 10.1. The lowest BCUT2D eigenvalue weighted by Crippen LogP contribution is -2.28. The maximum atomic E-state index is 12.5. The third kappa shape index (κ3) is 4.35. The van der Waals surface area contributed by atoms with Crippen molar-refractivity contribution in [3.05, 3.63) is 54.6 Å². The summed E-state index contributed by atoms with van der Waals surface area (Å²) in [5.41, 5.74) is 1.26. The summed E-state index contributed by atoms with van der Waals surface area (Å²) in [5, 5.41) is 2.75. The first kappa shape index (κ1) is 19.1. The Kier molecular flexibility index (Phi) is 5.57. The number of nitrogens with one attached hydrogen (secondary N) is 2. The molecule has 1 atom stereocenters. The van der Waals surface area contributed by atoms with Crippen LogP contribution in [0.4, 0.5) is 11.4 Å². The first-order valence-corrected chi connectivity index (χ1v) is 10.1. The summed E-state index contributed by atoms with van der Waals surface area (Å²) >= 11 is 0. The molecule has 0 aliphatic carbocycles. The van der Waals surface area contributed by atoms with Gasteiger partial charge in [-0.1, -0.05) is 25.1 Å². The monoisotopic (exact) mass is 387 g/mol. The van der Waals surface area contributed by atoms with E-state index in [1.54, 1.807) is 11.8 Å². The van der Waals surface area contributed by atoms with Gasteiger partial charge in [-0.25, -0.2) is 13.1 Å². The number of amides is 2. The number of hydrogen-bond acceptors (Lipinski definition) is 4. The molecule has 0 radical (unpaired) electrons. The average Bonchev–Trinajstić information content (AvgIpc) is 3.05. The van der Waals surface area contributed by atoms with Crippen LogP contribution in [0.1, 0.15) is 13.3 Å². The molecule has 8 heteroatoms. The zero-order chi connectivity index (χ0) is 19.4. The highest BCUT2D eigenvalue weighted by Crippen LogP contribution is 2.26. The second kappa shape index (κ2) is 7.89. The first-order chi connectivity index (χ1) is 12.9. The molecule has 2 N–H and O–H groups in total. The molecule has 1 heterocycles. The zero-order valence-corrected chi connectivity index (χ0v) is 15.7. The van der Waals surface area contributed by atoms with Crippen molar-refractivity contribution in [3.8, 4) is 0 Å². The number of carbonyl (C=O) groups is 2. The van der Waals surface area contributed by atoms with Crippen molar-refractivity contribution >= 4 is 33.2 Å². The average molecular weight is 387 g/mol. The van der Waals surface area contributed by atoms with Gasteiger partial charge in [-0.05, 0) is 36.4 Å². The van der Waals surface area contributed by atoms with Gasteiger partial charge in [-0.15, -0.1) is 0 Å². The van der Waals surface area contributed by atoms with E-state index in [9.17, 15) is 18.0 Å². The van der Waals surface area contributed by atoms with E-state index < -0.39 is 15.9 Å². The fourth-order valence-corrected chi connectivity index (χ4v) is 4.02. The summed E-state index contributed by atoms with van der Waals surface area (Å²) in [6.45, 7) is 2.32. The molecule has 2 aromatic carbocycles. The number of sulfonamides is 1. The van der Waals surface area contributed by atoms with Gasteiger partial charge < -0.3 is 10.2 Å². The zero-order valence-electron chi connectivity index (χ0n) is 14.9. The van der Waals surface area contributed by atoms with Crippen molar-refractivity contribution in [3.63, 3.8) is 0 Å². The molecule has 3 rings (SSSR count). The number of hydrogen-bond donors (Lipinski definition) is 2. The Labute approximate surface area is 158 Å². The highest BCUT2D eigenvalue weighted by molar-refractivity contribution is 7.89. The molecule has 0 bridgehead atoms. The molecule has 7 nitrogen and oxygen atoms in total. The second-order valence-electron chi connectivity index (χ2n) is 6.26. The van der Waals surface area contributed by atoms with Gasteiger partial charge in [0.15, 0.2) is 0 Å². The Morgan fingerprint density at radius 2 is 1.78 bits per heavy atom. The lowest BCUT2D eigenvalue weighted by Gasteiger charge is -2.16. The molecule has 2 aromatic rings. The molecule has 142 valence electrons. The molecular formula is C19H21N3O4S. The number of carbonyl (C=O) groups excluding carboxylic acids is 2. The summed E-state index contributed by atoms with van der Waals surface area (Å²) in [7, 11) is -3.53. The van der Waals surface area contributed by atoms with Crippen molar-refractivity contribution in [1.29, 1.82) is 0 Å². The number of nitrogens with zero attached hydrogens (tertiary/aromatic N) is 1. The van der Waals surface area contributed by atoms with E-state index in [-0.39, 0.29) is 23.1 Å². The highest BCUT2D eigenvalue weighted by atomic mass is 32.2. The van der Waals surface area contributed by atoms with Crippen LogP contribution in [-0.4, -0.2) is 33.3 Å². The third-order valence-electron chi connectivity index (χ3n) is 4.33. The Morgan fingerprint density at radius 1 is 1.11 bits per heavy atom. The standard InChI is InChI=1S/C19H21N3O4S/c1-2-20-27(25,26)17-10-8-15(9-11-17)21-19(24)14-12-18(23)22(13-14)16-6-4-3-5-7-16/h3-11,14,20H,2,12-13H2,1H3,(H,21,24)/t14-/m0/s1. The van der Waals surface area contributed by atoms with Crippen LogP contribution in [0.25, 0.3) is 0 Å². The Hall–Kier alpha value is -2.71. The fourth-order valence-electron chi connectivity index (χ4n) is 2.98. The molecular weight excluding hydrogens is 366 g/mol. The maximum Gasteiger partial charge on any atom is 0.240 e. The Balaban J connectivity index is 1.65. The molecule has 0 spiro atoms. The highest BCUT2D eigenvalue weighted by Gasteiger charge is 2.35. The van der Waals surface area contributed by atoms with E-state index in [1.165, 1.54) is 24.3 Å². The predicted octanol–water partition coefficient (Wildman–Crippen LogP) is 1.98. The smallest absolute Gasteiger partial charge is 0.240 e. The van der Waals surface area contributed by atoms with E-state index in [0.717, 1.165) is 5.69 Å². The van der Waals surface area contributed by atoms with E-state index in [2.05, 4.69) is 10.0 Å². The molecule has 0 saturated carbocycles. The maximum absolute atomic E-state index is 12.5. The number of para-hydroxylation sites is 1. The van der Waals surface area contributed by atoms with Crippen LogP contribution in [0.5, 0.6) is 0 Å². The second-order valence-corrected chi connectivity index (χ2v) is 8.02. The van der Waals surface area contributed by atoms with Crippen LogP contribution in [0, 0.1) is 5.92 Å². The number of anilines is 2. The lowest BCUT2D eigenvalue weighted by molar-refractivity contribution is -0.122. The number of rotatable bonds is 6. The summed E-state index contributed by atoms with van der Waals surface area (Å²) in [4.78, 5) is 26.5. The van der Waals surface area contributed by atoms with Crippen molar-refractivity contribution < 1.29 is 18.0 Å². The van der Waals surface area contributed by atoms with Gasteiger partial charge in [0, 0.05) is 30.9 Å². The molecule has 27 heavy (non-hydrogen) atoms. The first-order valence-electron chi connectivity index (χ1n) is 8.66. The van der Waals surface area contributed by atoms with Crippen LogP contribution in [0.15, 0.2) is 59.5 Å². The molecule has 1 saturated heterocycles. The van der Waals surface area contributed by atoms with Gasteiger partial charge in [0.2, 0.25) is 21.8 Å². The Bertz CT molecular complexity index is 927. The van der Waals surface area contributed by atoms with Gasteiger partial charge in [-0.2, -0.15) is 0 Å². The predicted molar refractivity (Wildman–Crippen MR) is 103 cm³/mol. The SMILES string of the molecule is CCNS(=O)(=O)c1ccc(NC(=O)[C@H]2CC(=O)N(c3ccccc3)C2)cc1. The number of benzene rings is 2. The molecule has 2 amide bonds. The minimum absolute atomic E-state index is 0.0894. The van der Waals surface area contributed by atoms with E-state index in [0.29, 0.717) is 18.8 Å².